The highest BCUT2D eigenvalue weighted by atomic mass is 32.1. The molecule has 0 aromatic carbocycles. The molecule has 0 saturated heterocycles. The molecule has 18 heavy (non-hydrogen) atoms. The highest BCUT2D eigenvalue weighted by molar-refractivity contribution is 7.80. The summed E-state index contributed by atoms with van der Waals surface area (Å²) in [6, 6.07) is 4.22. The average Bonchev–Trinajstić information content (AvgIpc) is 2.88. The standard InChI is InChI=1S/C13H22N2OS2/c1-3-15(11-12-7-5-10-18-12)13(17)14-8-6-9-16-4-2/h5,7,10H,3-4,6,8-9,11H2,1-2H3,(H,14,17). The maximum atomic E-state index is 5.40. The van der Waals surface area contributed by atoms with Gasteiger partial charge in [-0.15, -0.1) is 11.3 Å². The van der Waals surface area contributed by atoms with E-state index in [4.69, 9.17) is 17.0 Å². The molecule has 1 rings (SSSR count). The Kier molecular flexibility index (Phi) is 7.96. The Bertz CT molecular complexity index is 328. The average molecular weight is 286 g/mol. The van der Waals surface area contributed by atoms with Crippen LogP contribution in [0.25, 0.3) is 0 Å². The lowest BCUT2D eigenvalue weighted by Gasteiger charge is -2.23. The first kappa shape index (κ1) is 15.4. The molecule has 3 nitrogen and oxygen atoms in total. The van der Waals surface area contributed by atoms with Crippen molar-refractivity contribution in [1.82, 2.24) is 10.2 Å². The lowest BCUT2D eigenvalue weighted by atomic mass is 10.4. The summed E-state index contributed by atoms with van der Waals surface area (Å²) in [5.41, 5.74) is 0. The van der Waals surface area contributed by atoms with Gasteiger partial charge in [0, 0.05) is 31.2 Å². The number of thiocarbonyl (C=S) groups is 1. The first-order chi connectivity index (χ1) is 8.77. The van der Waals surface area contributed by atoms with Gasteiger partial charge in [0.05, 0.1) is 6.54 Å². The number of rotatable bonds is 8. The predicted molar refractivity (Wildman–Crippen MR) is 82.1 cm³/mol. The smallest absolute Gasteiger partial charge is 0.169 e. The summed E-state index contributed by atoms with van der Waals surface area (Å²) in [6.07, 6.45) is 0.991. The van der Waals surface area contributed by atoms with Gasteiger partial charge in [-0.3, -0.25) is 0 Å². The lowest BCUT2D eigenvalue weighted by Crippen LogP contribution is -2.39. The topological polar surface area (TPSA) is 24.5 Å². The zero-order valence-corrected chi connectivity index (χ0v) is 12.8. The molecule has 0 aliphatic heterocycles. The molecule has 0 spiro atoms. The monoisotopic (exact) mass is 286 g/mol. The van der Waals surface area contributed by atoms with E-state index in [0.717, 1.165) is 44.4 Å². The van der Waals surface area contributed by atoms with E-state index in [2.05, 4.69) is 34.7 Å². The fraction of sp³-hybridized carbons (Fsp3) is 0.615. The van der Waals surface area contributed by atoms with Gasteiger partial charge in [-0.05, 0) is 43.9 Å². The number of ether oxygens (including phenoxy) is 1. The molecule has 102 valence electrons. The summed E-state index contributed by atoms with van der Waals surface area (Å²) >= 11 is 7.17. The molecule has 0 radical (unpaired) electrons. The van der Waals surface area contributed by atoms with Crippen molar-refractivity contribution in [1.29, 1.82) is 0 Å². The molecule has 1 N–H and O–H groups in total. The minimum absolute atomic E-state index is 0.782. The second-order valence-electron chi connectivity index (χ2n) is 3.88. The number of hydrogen-bond acceptors (Lipinski definition) is 3. The van der Waals surface area contributed by atoms with Crippen LogP contribution in [0.1, 0.15) is 25.1 Å². The van der Waals surface area contributed by atoms with E-state index in [1.807, 2.05) is 6.92 Å². The molecule has 1 aromatic heterocycles. The summed E-state index contributed by atoms with van der Waals surface area (Å²) in [7, 11) is 0. The Hall–Kier alpha value is -0.650. The Morgan fingerprint density at radius 1 is 1.50 bits per heavy atom. The van der Waals surface area contributed by atoms with Gasteiger partial charge in [-0.1, -0.05) is 6.07 Å². The summed E-state index contributed by atoms with van der Waals surface area (Å²) in [4.78, 5) is 3.53. The van der Waals surface area contributed by atoms with Crippen LogP contribution in [-0.2, 0) is 11.3 Å². The summed E-state index contributed by atoms with van der Waals surface area (Å²) in [5, 5.41) is 6.22. The van der Waals surface area contributed by atoms with Crippen LogP contribution in [0.3, 0.4) is 0 Å². The second-order valence-corrected chi connectivity index (χ2v) is 5.29. The summed E-state index contributed by atoms with van der Waals surface area (Å²) in [6.45, 7) is 8.41. The normalized spacial score (nSPS) is 10.3. The third kappa shape index (κ3) is 5.80. The van der Waals surface area contributed by atoms with Gasteiger partial charge in [0.1, 0.15) is 0 Å². The van der Waals surface area contributed by atoms with Crippen molar-refractivity contribution in [3.63, 3.8) is 0 Å². The van der Waals surface area contributed by atoms with Crippen molar-refractivity contribution in [2.45, 2.75) is 26.8 Å². The van der Waals surface area contributed by atoms with Crippen molar-refractivity contribution in [2.75, 3.05) is 26.3 Å². The second kappa shape index (κ2) is 9.30. The van der Waals surface area contributed by atoms with Gasteiger partial charge in [0.25, 0.3) is 0 Å². The Morgan fingerprint density at radius 2 is 2.33 bits per heavy atom. The van der Waals surface area contributed by atoms with Crippen molar-refractivity contribution >= 4 is 28.7 Å². The van der Waals surface area contributed by atoms with Crippen LogP contribution >= 0.6 is 23.6 Å². The fourth-order valence-corrected chi connectivity index (χ4v) is 2.56. The van der Waals surface area contributed by atoms with Gasteiger partial charge in [-0.25, -0.2) is 0 Å². The minimum atomic E-state index is 0.782. The number of hydrogen-bond donors (Lipinski definition) is 1. The van der Waals surface area contributed by atoms with Crippen molar-refractivity contribution < 1.29 is 4.74 Å². The van der Waals surface area contributed by atoms with E-state index in [1.165, 1.54) is 4.88 Å². The molecular formula is C13H22N2OS2. The third-order valence-corrected chi connectivity index (χ3v) is 3.81. The van der Waals surface area contributed by atoms with Gasteiger partial charge >= 0.3 is 0 Å². The van der Waals surface area contributed by atoms with Gasteiger partial charge in [0.2, 0.25) is 0 Å². The van der Waals surface area contributed by atoms with Crippen LogP contribution in [0.2, 0.25) is 0 Å². The summed E-state index contributed by atoms with van der Waals surface area (Å²) < 4.78 is 5.29. The van der Waals surface area contributed by atoms with Crippen LogP contribution < -0.4 is 5.32 Å². The molecule has 1 heterocycles. The predicted octanol–water partition coefficient (Wildman–Crippen LogP) is 2.87. The highest BCUT2D eigenvalue weighted by Gasteiger charge is 2.08. The van der Waals surface area contributed by atoms with Crippen LogP contribution in [0.15, 0.2) is 17.5 Å². The van der Waals surface area contributed by atoms with E-state index < -0.39 is 0 Å². The molecule has 0 aliphatic carbocycles. The van der Waals surface area contributed by atoms with Gasteiger partial charge < -0.3 is 15.0 Å². The zero-order chi connectivity index (χ0) is 13.2. The van der Waals surface area contributed by atoms with Gasteiger partial charge in [-0.2, -0.15) is 0 Å². The number of nitrogens with one attached hydrogen (secondary N) is 1. The Labute approximate surface area is 119 Å². The van der Waals surface area contributed by atoms with E-state index in [0.29, 0.717) is 0 Å². The molecule has 0 amide bonds. The van der Waals surface area contributed by atoms with E-state index in [1.54, 1.807) is 11.3 Å². The molecule has 0 fully saturated rings. The quantitative estimate of drug-likeness (QED) is 0.587. The molecule has 5 heteroatoms. The molecule has 0 aliphatic rings. The van der Waals surface area contributed by atoms with Gasteiger partial charge in [0.15, 0.2) is 5.11 Å². The number of thiophene rings is 1. The van der Waals surface area contributed by atoms with Crippen molar-refractivity contribution in [2.24, 2.45) is 0 Å². The molecule has 0 atom stereocenters. The maximum Gasteiger partial charge on any atom is 0.169 e. The lowest BCUT2D eigenvalue weighted by molar-refractivity contribution is 0.145. The zero-order valence-electron chi connectivity index (χ0n) is 11.1. The Balaban J connectivity index is 2.24. The maximum absolute atomic E-state index is 5.40. The Morgan fingerprint density at radius 3 is 2.94 bits per heavy atom. The van der Waals surface area contributed by atoms with Crippen LogP contribution in [0.5, 0.6) is 0 Å². The fourth-order valence-electron chi connectivity index (χ4n) is 1.54. The third-order valence-electron chi connectivity index (χ3n) is 2.54. The van der Waals surface area contributed by atoms with E-state index in [-0.39, 0.29) is 0 Å². The SMILES string of the molecule is CCOCCCNC(=S)N(CC)Cc1cccs1. The molecule has 0 unspecified atom stereocenters. The first-order valence-corrected chi connectivity index (χ1v) is 7.69. The molecular weight excluding hydrogens is 264 g/mol. The van der Waals surface area contributed by atoms with E-state index >= 15 is 0 Å². The van der Waals surface area contributed by atoms with Crippen LogP contribution in [0.4, 0.5) is 0 Å². The highest BCUT2D eigenvalue weighted by Crippen LogP contribution is 2.11. The van der Waals surface area contributed by atoms with Crippen LogP contribution in [0, 0.1) is 0 Å². The first-order valence-electron chi connectivity index (χ1n) is 6.40. The van der Waals surface area contributed by atoms with Crippen LogP contribution in [-0.4, -0.2) is 36.3 Å². The number of nitrogens with zero attached hydrogens (tertiary/aromatic N) is 1. The summed E-state index contributed by atoms with van der Waals surface area (Å²) in [5.74, 6) is 0. The molecule has 0 saturated carbocycles. The largest absolute Gasteiger partial charge is 0.382 e. The minimum Gasteiger partial charge on any atom is -0.382 e. The van der Waals surface area contributed by atoms with Crippen molar-refractivity contribution in [3.8, 4) is 0 Å². The molecule has 1 aromatic rings. The van der Waals surface area contributed by atoms with E-state index in [9.17, 15) is 0 Å². The van der Waals surface area contributed by atoms with Crippen molar-refractivity contribution in [3.05, 3.63) is 22.4 Å². The molecule has 0 bridgehead atoms.